The Hall–Kier alpha value is -2.87. The Morgan fingerprint density at radius 2 is 1.77 bits per heavy atom. The molecular formula is C23H30N2O5S. The third kappa shape index (κ3) is 8.05. The molecule has 0 amide bonds. The van der Waals surface area contributed by atoms with Crippen LogP contribution >= 0.6 is 0 Å². The van der Waals surface area contributed by atoms with E-state index in [1.54, 1.807) is 36.4 Å². The third-order valence-corrected chi connectivity index (χ3v) is 5.51. The largest absolute Gasteiger partial charge is 0.493 e. The first-order valence-electron chi connectivity index (χ1n) is 10.4. The van der Waals surface area contributed by atoms with Gasteiger partial charge in [0.2, 0.25) is 5.78 Å². The molecule has 168 valence electrons. The molecule has 2 rings (SSSR count). The predicted octanol–water partition coefficient (Wildman–Crippen LogP) is 4.58. The van der Waals surface area contributed by atoms with Crippen molar-refractivity contribution in [3.05, 3.63) is 54.1 Å². The zero-order valence-electron chi connectivity index (χ0n) is 18.2. The molecule has 2 aromatic rings. The second-order valence-corrected chi connectivity index (χ2v) is 8.92. The van der Waals surface area contributed by atoms with Crippen molar-refractivity contribution in [3.63, 3.8) is 0 Å². The van der Waals surface area contributed by atoms with E-state index in [1.165, 1.54) is 12.1 Å². The van der Waals surface area contributed by atoms with Crippen molar-refractivity contribution in [3.8, 4) is 11.5 Å². The first kappa shape index (κ1) is 24.4. The maximum atomic E-state index is 12.5. The van der Waals surface area contributed by atoms with Gasteiger partial charge < -0.3 is 9.47 Å². The summed E-state index contributed by atoms with van der Waals surface area (Å²) in [4.78, 5) is 14.6. The third-order valence-electron chi connectivity index (χ3n) is 4.27. The number of Topliss-reactive ketones (excluding diaryl/α,β-unsaturated/α-hetero) is 1. The number of rotatable bonds is 13. The Labute approximate surface area is 184 Å². The quantitative estimate of drug-likeness (QED) is 0.210. The summed E-state index contributed by atoms with van der Waals surface area (Å²) < 4.78 is 36.0. The minimum Gasteiger partial charge on any atom is -0.493 e. The van der Waals surface area contributed by atoms with Crippen LogP contribution in [0.2, 0.25) is 0 Å². The molecule has 0 heterocycles. The minimum atomic E-state index is -3.90. The fourth-order valence-corrected chi connectivity index (χ4v) is 3.54. The van der Waals surface area contributed by atoms with Crippen LogP contribution in [0.4, 0.5) is 0 Å². The van der Waals surface area contributed by atoms with Gasteiger partial charge in [0.05, 0.1) is 29.4 Å². The number of unbranched alkanes of at least 4 members (excludes halogenated alkanes) is 3. The summed E-state index contributed by atoms with van der Waals surface area (Å²) in [5.41, 5.74) is 0.330. The van der Waals surface area contributed by atoms with Crippen molar-refractivity contribution in [2.75, 3.05) is 6.61 Å². The van der Waals surface area contributed by atoms with E-state index in [0.717, 1.165) is 31.9 Å². The summed E-state index contributed by atoms with van der Waals surface area (Å²) in [6.45, 7) is 6.42. The highest BCUT2D eigenvalue weighted by Gasteiger charge is 2.14. The SMILES string of the molecule is CCCCCCOc1ccccc1C(=O)/C=N/NS(=O)(=O)c1ccc(OC(C)C)cc1. The van der Waals surface area contributed by atoms with Crippen LogP contribution in [0.25, 0.3) is 0 Å². The van der Waals surface area contributed by atoms with E-state index in [0.29, 0.717) is 23.7 Å². The molecule has 0 saturated carbocycles. The van der Waals surface area contributed by atoms with Gasteiger partial charge in [-0.05, 0) is 56.7 Å². The molecule has 0 spiro atoms. The summed E-state index contributed by atoms with van der Waals surface area (Å²) >= 11 is 0. The van der Waals surface area contributed by atoms with Crippen molar-refractivity contribution in [1.82, 2.24) is 4.83 Å². The Morgan fingerprint density at radius 3 is 2.45 bits per heavy atom. The lowest BCUT2D eigenvalue weighted by Gasteiger charge is -2.10. The molecule has 7 nitrogen and oxygen atoms in total. The smallest absolute Gasteiger partial charge is 0.276 e. The second-order valence-electron chi connectivity index (χ2n) is 7.26. The highest BCUT2D eigenvalue weighted by molar-refractivity contribution is 7.89. The van der Waals surface area contributed by atoms with Crippen LogP contribution in [-0.2, 0) is 10.0 Å². The molecule has 0 radical (unpaired) electrons. The van der Waals surface area contributed by atoms with Crippen LogP contribution in [0.5, 0.6) is 11.5 Å². The van der Waals surface area contributed by atoms with E-state index in [4.69, 9.17) is 9.47 Å². The molecule has 31 heavy (non-hydrogen) atoms. The molecular weight excluding hydrogens is 416 g/mol. The van der Waals surface area contributed by atoms with Gasteiger partial charge >= 0.3 is 0 Å². The van der Waals surface area contributed by atoms with Gasteiger partial charge in [-0.15, -0.1) is 0 Å². The Bertz CT molecular complexity index is 970. The van der Waals surface area contributed by atoms with Gasteiger partial charge in [0.1, 0.15) is 11.5 Å². The Morgan fingerprint density at radius 1 is 1.06 bits per heavy atom. The lowest BCUT2D eigenvalue weighted by molar-refractivity contribution is 0.106. The van der Waals surface area contributed by atoms with E-state index in [1.807, 2.05) is 13.8 Å². The van der Waals surface area contributed by atoms with Gasteiger partial charge in [0.25, 0.3) is 10.0 Å². The molecule has 0 aliphatic heterocycles. The van der Waals surface area contributed by atoms with Gasteiger partial charge in [-0.1, -0.05) is 38.3 Å². The molecule has 0 atom stereocenters. The summed E-state index contributed by atoms with van der Waals surface area (Å²) in [7, 11) is -3.90. The molecule has 1 N–H and O–H groups in total. The lowest BCUT2D eigenvalue weighted by Crippen LogP contribution is -2.19. The number of hydrogen-bond acceptors (Lipinski definition) is 6. The highest BCUT2D eigenvalue weighted by atomic mass is 32.2. The van der Waals surface area contributed by atoms with E-state index in [2.05, 4.69) is 16.9 Å². The molecule has 0 aliphatic rings. The van der Waals surface area contributed by atoms with Crippen LogP contribution in [0.1, 0.15) is 56.8 Å². The summed E-state index contributed by atoms with van der Waals surface area (Å²) in [6, 6.07) is 12.8. The second kappa shape index (κ2) is 12.1. The predicted molar refractivity (Wildman–Crippen MR) is 121 cm³/mol. The summed E-state index contributed by atoms with van der Waals surface area (Å²) in [6.07, 6.45) is 5.18. The topological polar surface area (TPSA) is 94.1 Å². The number of nitrogens with zero attached hydrogens (tertiary/aromatic N) is 1. The number of carbonyl (C=O) groups is 1. The molecule has 2 aromatic carbocycles. The van der Waals surface area contributed by atoms with Gasteiger partial charge in [0, 0.05) is 0 Å². The molecule has 0 fully saturated rings. The zero-order valence-corrected chi connectivity index (χ0v) is 19.0. The van der Waals surface area contributed by atoms with Gasteiger partial charge in [-0.25, -0.2) is 0 Å². The molecule has 8 heteroatoms. The average Bonchev–Trinajstić information content (AvgIpc) is 2.73. The average molecular weight is 447 g/mol. The standard InChI is InChI=1S/C23H30N2O5S/c1-4-5-6-9-16-29-23-11-8-7-10-21(23)22(26)17-24-25-31(27,28)20-14-12-19(13-15-20)30-18(2)3/h7-8,10-15,17-18,25H,4-6,9,16H2,1-3H3/b24-17+. The van der Waals surface area contributed by atoms with Crippen LogP contribution in [-0.4, -0.2) is 33.1 Å². The Balaban J connectivity index is 1.98. The van der Waals surface area contributed by atoms with Gasteiger partial charge in [-0.2, -0.15) is 18.4 Å². The fourth-order valence-electron chi connectivity index (χ4n) is 2.75. The number of benzene rings is 2. The summed E-state index contributed by atoms with van der Waals surface area (Å²) in [5.74, 6) is 0.575. The van der Waals surface area contributed by atoms with Crippen molar-refractivity contribution in [2.45, 2.75) is 57.5 Å². The maximum absolute atomic E-state index is 12.5. The van der Waals surface area contributed by atoms with Crippen LogP contribution in [0.3, 0.4) is 0 Å². The number of nitrogens with one attached hydrogen (secondary N) is 1. The van der Waals surface area contributed by atoms with Crippen molar-refractivity contribution in [1.29, 1.82) is 0 Å². The zero-order chi connectivity index (χ0) is 22.7. The molecule has 0 aliphatic carbocycles. The molecule has 0 aromatic heterocycles. The number of ether oxygens (including phenoxy) is 2. The van der Waals surface area contributed by atoms with Gasteiger partial charge in [-0.3, -0.25) is 4.79 Å². The Kier molecular flexibility index (Phi) is 9.52. The van der Waals surface area contributed by atoms with Crippen molar-refractivity contribution >= 4 is 22.0 Å². The van der Waals surface area contributed by atoms with E-state index >= 15 is 0 Å². The number of hydrazone groups is 1. The lowest BCUT2D eigenvalue weighted by atomic mass is 10.1. The minimum absolute atomic E-state index is 0.0145. The van der Waals surface area contributed by atoms with Crippen LogP contribution in [0, 0.1) is 0 Å². The first-order chi connectivity index (χ1) is 14.8. The van der Waals surface area contributed by atoms with Crippen molar-refractivity contribution in [2.24, 2.45) is 5.10 Å². The maximum Gasteiger partial charge on any atom is 0.276 e. The van der Waals surface area contributed by atoms with E-state index < -0.39 is 15.8 Å². The first-order valence-corrected chi connectivity index (χ1v) is 11.9. The van der Waals surface area contributed by atoms with Crippen molar-refractivity contribution < 1.29 is 22.7 Å². The van der Waals surface area contributed by atoms with Crippen LogP contribution in [0.15, 0.2) is 58.5 Å². The number of sulfonamides is 1. The molecule has 0 saturated heterocycles. The van der Waals surface area contributed by atoms with Crippen LogP contribution < -0.4 is 14.3 Å². The number of hydrogen-bond donors (Lipinski definition) is 1. The number of carbonyl (C=O) groups excluding carboxylic acids is 1. The van der Waals surface area contributed by atoms with E-state index in [-0.39, 0.29) is 11.0 Å². The number of ketones is 1. The normalized spacial score (nSPS) is 11.6. The highest BCUT2D eigenvalue weighted by Crippen LogP contribution is 2.19. The van der Waals surface area contributed by atoms with Gasteiger partial charge in [0.15, 0.2) is 0 Å². The monoisotopic (exact) mass is 446 g/mol. The fraction of sp³-hybridized carbons (Fsp3) is 0.391. The number of para-hydroxylation sites is 1. The summed E-state index contributed by atoms with van der Waals surface area (Å²) in [5, 5.41) is 3.63. The van der Waals surface area contributed by atoms with E-state index in [9.17, 15) is 13.2 Å². The molecule has 0 unspecified atom stereocenters. The molecule has 0 bridgehead atoms.